The second kappa shape index (κ2) is 11.6. The minimum atomic E-state index is -0.955. The van der Waals surface area contributed by atoms with E-state index in [2.05, 4.69) is 21.2 Å². The largest absolute Gasteiger partial charge is 0.423 e. The first-order valence-corrected chi connectivity index (χ1v) is 10.7. The lowest BCUT2D eigenvalue weighted by Crippen LogP contribution is -2.32. The molecule has 0 aliphatic carbocycles. The van der Waals surface area contributed by atoms with Gasteiger partial charge in [-0.25, -0.2) is 10.2 Å². The van der Waals surface area contributed by atoms with Crippen molar-refractivity contribution in [1.82, 2.24) is 5.43 Å². The average molecular weight is 493 g/mol. The molecule has 0 bridgehead atoms. The molecule has 3 aromatic carbocycles. The van der Waals surface area contributed by atoms with Crippen molar-refractivity contribution in [3.8, 4) is 5.75 Å². The maximum Gasteiger partial charge on any atom is 0.343 e. The van der Waals surface area contributed by atoms with Crippen LogP contribution in [0, 0.1) is 0 Å². The minimum Gasteiger partial charge on any atom is -0.423 e. The van der Waals surface area contributed by atoms with Crippen LogP contribution in [-0.4, -0.2) is 29.4 Å². The fourth-order valence-electron chi connectivity index (χ4n) is 2.79. The normalized spacial score (nSPS) is 10.8. The lowest BCUT2D eigenvalue weighted by Gasteiger charge is -2.07. The molecule has 0 fully saturated rings. The highest BCUT2D eigenvalue weighted by molar-refractivity contribution is 6.39. The molecule has 0 aliphatic heterocycles. The molecule has 3 N–H and O–H groups in total. The van der Waals surface area contributed by atoms with Gasteiger partial charge in [-0.05, 0) is 85.3 Å². The van der Waals surface area contributed by atoms with Crippen LogP contribution in [0.2, 0.25) is 5.02 Å². The summed E-state index contributed by atoms with van der Waals surface area (Å²) in [7, 11) is 0. The molecule has 0 unspecified atom stereocenters. The third-order valence-electron chi connectivity index (χ3n) is 4.56. The summed E-state index contributed by atoms with van der Waals surface area (Å²) in [5.74, 6) is -2.28. The first kappa shape index (κ1) is 25.1. The van der Waals surface area contributed by atoms with Gasteiger partial charge in [0.05, 0.1) is 11.3 Å². The second-order valence-electron chi connectivity index (χ2n) is 7.27. The molecular formula is C25H21ClN4O5. The van der Waals surface area contributed by atoms with Crippen molar-refractivity contribution >= 4 is 52.4 Å². The quantitative estimate of drug-likeness (QED) is 0.158. The number of hydrogen-bond acceptors (Lipinski definition) is 6. The van der Waals surface area contributed by atoms with Crippen molar-refractivity contribution in [1.29, 1.82) is 0 Å². The van der Waals surface area contributed by atoms with Crippen LogP contribution in [-0.2, 0) is 14.4 Å². The van der Waals surface area contributed by atoms with Gasteiger partial charge in [0, 0.05) is 23.3 Å². The Labute approximate surface area is 206 Å². The van der Waals surface area contributed by atoms with Crippen molar-refractivity contribution in [2.45, 2.75) is 13.8 Å². The molecule has 10 heteroatoms. The van der Waals surface area contributed by atoms with E-state index in [1.54, 1.807) is 79.7 Å². The monoisotopic (exact) mass is 492 g/mol. The van der Waals surface area contributed by atoms with Crippen molar-refractivity contribution in [3.63, 3.8) is 0 Å². The molecule has 0 saturated carbocycles. The van der Waals surface area contributed by atoms with Crippen molar-refractivity contribution < 1.29 is 23.9 Å². The summed E-state index contributed by atoms with van der Waals surface area (Å²) >= 11 is 5.82. The third-order valence-corrected chi connectivity index (χ3v) is 4.81. The van der Waals surface area contributed by atoms with E-state index < -0.39 is 17.8 Å². The van der Waals surface area contributed by atoms with Crippen LogP contribution in [0.1, 0.15) is 29.8 Å². The van der Waals surface area contributed by atoms with Crippen molar-refractivity contribution in [2.75, 3.05) is 10.6 Å². The average Bonchev–Trinajstić information content (AvgIpc) is 2.84. The number of nitrogens with one attached hydrogen (secondary N) is 3. The molecule has 0 spiro atoms. The summed E-state index contributed by atoms with van der Waals surface area (Å²) in [5.41, 5.74) is 4.57. The zero-order chi connectivity index (χ0) is 25.4. The van der Waals surface area contributed by atoms with Gasteiger partial charge in [-0.1, -0.05) is 11.6 Å². The SMILES string of the molecule is CC(=O)Nc1ccc(NC(=O)C(=O)N/N=C(\C)c2ccc(OC(=O)c3ccc(Cl)cc3)cc2)cc1. The Hall–Kier alpha value is -4.50. The van der Waals surface area contributed by atoms with Gasteiger partial charge in [0.1, 0.15) is 5.75 Å². The van der Waals surface area contributed by atoms with E-state index in [0.29, 0.717) is 39.0 Å². The number of rotatable bonds is 6. The number of ether oxygens (including phenoxy) is 1. The molecule has 35 heavy (non-hydrogen) atoms. The molecule has 0 saturated heterocycles. The molecule has 0 radical (unpaired) electrons. The predicted molar refractivity (Wildman–Crippen MR) is 133 cm³/mol. The second-order valence-corrected chi connectivity index (χ2v) is 7.71. The summed E-state index contributed by atoms with van der Waals surface area (Å²) in [5, 5.41) is 9.49. The standard InChI is InChI=1S/C25H21ClN4O5/c1-15(17-5-13-22(14-6-17)35-25(34)18-3-7-19(26)8-4-18)29-30-24(33)23(32)28-21-11-9-20(10-12-21)27-16(2)31/h3-14H,1-2H3,(H,27,31)(H,28,32)(H,30,33)/b29-15+. The molecule has 3 amide bonds. The van der Waals surface area contributed by atoms with Crippen LogP contribution < -0.4 is 20.8 Å². The molecule has 0 aromatic heterocycles. The van der Waals surface area contributed by atoms with Gasteiger partial charge in [-0.2, -0.15) is 5.10 Å². The Morgan fingerprint density at radius 2 is 1.26 bits per heavy atom. The first-order chi connectivity index (χ1) is 16.7. The van der Waals surface area contributed by atoms with Crippen LogP contribution >= 0.6 is 11.6 Å². The molecule has 3 aromatic rings. The minimum absolute atomic E-state index is 0.219. The summed E-state index contributed by atoms with van der Waals surface area (Å²) in [4.78, 5) is 47.4. The van der Waals surface area contributed by atoms with Gasteiger partial charge in [0.2, 0.25) is 5.91 Å². The first-order valence-electron chi connectivity index (χ1n) is 10.3. The van der Waals surface area contributed by atoms with Crippen LogP contribution in [0.4, 0.5) is 11.4 Å². The number of amides is 3. The van der Waals surface area contributed by atoms with E-state index in [0.717, 1.165) is 0 Å². The van der Waals surface area contributed by atoms with Crippen LogP contribution in [0.25, 0.3) is 0 Å². The van der Waals surface area contributed by atoms with Gasteiger partial charge in [0.15, 0.2) is 0 Å². The number of benzene rings is 3. The van der Waals surface area contributed by atoms with Gasteiger partial charge in [0.25, 0.3) is 0 Å². The van der Waals surface area contributed by atoms with Crippen LogP contribution in [0.3, 0.4) is 0 Å². The van der Waals surface area contributed by atoms with Crippen molar-refractivity contribution in [2.24, 2.45) is 5.10 Å². The van der Waals surface area contributed by atoms with E-state index >= 15 is 0 Å². The number of nitrogens with zero attached hydrogens (tertiary/aromatic N) is 1. The number of carbonyl (C=O) groups is 4. The summed E-state index contributed by atoms with van der Waals surface area (Å²) < 4.78 is 5.32. The van der Waals surface area contributed by atoms with E-state index in [1.807, 2.05) is 0 Å². The molecule has 178 valence electrons. The lowest BCUT2D eigenvalue weighted by atomic mass is 10.1. The van der Waals surface area contributed by atoms with E-state index in [4.69, 9.17) is 16.3 Å². The number of hydrazone groups is 1. The Bertz CT molecular complexity index is 1270. The van der Waals surface area contributed by atoms with Crippen LogP contribution in [0.15, 0.2) is 77.9 Å². The molecule has 0 aliphatic rings. The highest BCUT2D eigenvalue weighted by atomic mass is 35.5. The summed E-state index contributed by atoms with van der Waals surface area (Å²) in [6, 6.07) is 19.1. The maximum absolute atomic E-state index is 12.2. The highest BCUT2D eigenvalue weighted by Crippen LogP contribution is 2.17. The molecule has 3 rings (SSSR count). The topological polar surface area (TPSA) is 126 Å². The van der Waals surface area contributed by atoms with Gasteiger partial charge in [-0.3, -0.25) is 14.4 Å². The zero-order valence-electron chi connectivity index (χ0n) is 18.8. The highest BCUT2D eigenvalue weighted by Gasteiger charge is 2.14. The Kier molecular flexibility index (Phi) is 8.31. The van der Waals surface area contributed by atoms with Crippen LogP contribution in [0.5, 0.6) is 5.75 Å². The Morgan fingerprint density at radius 3 is 1.83 bits per heavy atom. The fraction of sp³-hybridized carbons (Fsp3) is 0.0800. The Morgan fingerprint density at radius 1 is 0.714 bits per heavy atom. The molecule has 0 heterocycles. The number of anilines is 2. The molecule has 9 nitrogen and oxygen atoms in total. The fourth-order valence-corrected chi connectivity index (χ4v) is 2.92. The zero-order valence-corrected chi connectivity index (χ0v) is 19.6. The van der Waals surface area contributed by atoms with Gasteiger partial charge in [-0.15, -0.1) is 0 Å². The number of carbonyl (C=O) groups excluding carboxylic acids is 4. The number of hydrogen-bond donors (Lipinski definition) is 3. The van der Waals surface area contributed by atoms with E-state index in [9.17, 15) is 19.2 Å². The third kappa shape index (κ3) is 7.51. The predicted octanol–water partition coefficient (Wildman–Crippen LogP) is 4.00. The summed E-state index contributed by atoms with van der Waals surface area (Å²) in [6.07, 6.45) is 0. The van der Waals surface area contributed by atoms with E-state index in [1.165, 1.54) is 6.92 Å². The van der Waals surface area contributed by atoms with Crippen molar-refractivity contribution in [3.05, 3.63) is 88.9 Å². The van der Waals surface area contributed by atoms with Gasteiger partial charge >= 0.3 is 17.8 Å². The maximum atomic E-state index is 12.2. The number of halogens is 1. The molecule has 0 atom stereocenters. The summed E-state index contributed by atoms with van der Waals surface area (Å²) in [6.45, 7) is 3.03. The van der Waals surface area contributed by atoms with Gasteiger partial charge < -0.3 is 15.4 Å². The Balaban J connectivity index is 1.53. The molecular weight excluding hydrogens is 472 g/mol. The smallest absolute Gasteiger partial charge is 0.343 e. The van der Waals surface area contributed by atoms with E-state index in [-0.39, 0.29) is 5.91 Å². The number of esters is 1. The lowest BCUT2D eigenvalue weighted by molar-refractivity contribution is -0.136.